The van der Waals surface area contributed by atoms with Crippen molar-refractivity contribution in [1.29, 1.82) is 0 Å². The third-order valence-corrected chi connectivity index (χ3v) is 4.38. The average molecular weight is 399 g/mol. The Balaban J connectivity index is 1.84. The molecule has 0 aliphatic heterocycles. The number of hydrogen-bond donors (Lipinski definition) is 3. The van der Waals surface area contributed by atoms with Crippen molar-refractivity contribution in [3.63, 3.8) is 0 Å². The zero-order valence-electron chi connectivity index (χ0n) is 14.1. The number of nitrogens with one attached hydrogen (secondary N) is 3. The summed E-state index contributed by atoms with van der Waals surface area (Å²) in [4.78, 5) is 24.1. The Morgan fingerprint density at radius 1 is 1.04 bits per heavy atom. The lowest BCUT2D eigenvalue weighted by atomic mass is 10.1. The Labute approximate surface area is 155 Å². The van der Waals surface area contributed by atoms with Crippen LogP contribution in [-0.4, -0.2) is 22.4 Å². The maximum absolute atomic E-state index is 12.6. The quantitative estimate of drug-likeness (QED) is 0.691. The molecule has 0 fully saturated rings. The fraction of sp³-hybridized carbons (Fsp3) is 0.176. The van der Waals surface area contributed by atoms with Gasteiger partial charge < -0.3 is 5.32 Å². The molecule has 0 saturated carbocycles. The summed E-state index contributed by atoms with van der Waals surface area (Å²) in [5.41, 5.74) is 3.95. The van der Waals surface area contributed by atoms with Gasteiger partial charge in [-0.15, -0.1) is 0 Å². The number of alkyl halides is 3. The predicted molar refractivity (Wildman–Crippen MR) is 93.1 cm³/mol. The number of amides is 3. The van der Waals surface area contributed by atoms with Gasteiger partial charge in [0, 0.05) is 34.1 Å². The van der Waals surface area contributed by atoms with Crippen molar-refractivity contribution in [2.45, 2.75) is 17.6 Å². The Bertz CT molecular complexity index is 854. The van der Waals surface area contributed by atoms with E-state index in [-0.39, 0.29) is 17.7 Å². The highest BCUT2D eigenvalue weighted by Crippen LogP contribution is 2.29. The number of rotatable bonds is 4. The minimum Gasteiger partial charge on any atom is -0.333 e. The minimum atomic E-state index is -4.47. The summed E-state index contributed by atoms with van der Waals surface area (Å²) in [6.07, 6.45) is -2.96. The molecule has 0 radical (unpaired) electrons. The molecule has 0 bridgehead atoms. The molecule has 3 N–H and O–H groups in total. The molecule has 0 aliphatic rings. The summed E-state index contributed by atoms with van der Waals surface area (Å²) in [5, 5.41) is 2.34. The first kappa shape index (κ1) is 20.4. The number of benzene rings is 2. The van der Waals surface area contributed by atoms with Crippen molar-refractivity contribution in [2.75, 3.05) is 6.26 Å². The smallest absolute Gasteiger partial charge is 0.333 e. The third-order valence-electron chi connectivity index (χ3n) is 3.45. The Morgan fingerprint density at radius 2 is 1.70 bits per heavy atom. The van der Waals surface area contributed by atoms with E-state index in [1.807, 2.05) is 0 Å². The minimum absolute atomic E-state index is 0.150. The molecule has 0 aromatic heterocycles. The van der Waals surface area contributed by atoms with E-state index in [9.17, 15) is 27.0 Å². The second kappa shape index (κ2) is 8.67. The number of carbonyl (C=O) groups is 2. The molecular formula is C17H16F3N3O3S. The van der Waals surface area contributed by atoms with E-state index in [1.165, 1.54) is 42.7 Å². The van der Waals surface area contributed by atoms with Crippen LogP contribution in [0.4, 0.5) is 18.0 Å². The van der Waals surface area contributed by atoms with Gasteiger partial charge in [0.15, 0.2) is 0 Å². The van der Waals surface area contributed by atoms with E-state index < -0.39 is 34.5 Å². The van der Waals surface area contributed by atoms with Crippen LogP contribution in [0.15, 0.2) is 53.4 Å². The lowest BCUT2D eigenvalue weighted by Gasteiger charge is -2.11. The summed E-state index contributed by atoms with van der Waals surface area (Å²) < 4.78 is 49.2. The van der Waals surface area contributed by atoms with Gasteiger partial charge in [0.05, 0.1) is 5.56 Å². The highest BCUT2D eigenvalue weighted by molar-refractivity contribution is 7.84. The van der Waals surface area contributed by atoms with E-state index in [1.54, 1.807) is 0 Å². The van der Waals surface area contributed by atoms with E-state index in [2.05, 4.69) is 16.2 Å². The van der Waals surface area contributed by atoms with Crippen LogP contribution in [-0.2, 0) is 23.5 Å². The van der Waals surface area contributed by atoms with Crippen molar-refractivity contribution in [3.8, 4) is 0 Å². The van der Waals surface area contributed by atoms with E-state index >= 15 is 0 Å². The van der Waals surface area contributed by atoms with Crippen LogP contribution in [0.1, 0.15) is 21.5 Å². The van der Waals surface area contributed by atoms with Gasteiger partial charge in [0.2, 0.25) is 0 Å². The molecule has 0 heterocycles. The van der Waals surface area contributed by atoms with Crippen molar-refractivity contribution < 1.29 is 27.0 Å². The monoisotopic (exact) mass is 399 g/mol. The molecule has 2 aromatic rings. The Hall–Kier alpha value is -2.88. The fourth-order valence-corrected chi connectivity index (χ4v) is 2.59. The van der Waals surface area contributed by atoms with Gasteiger partial charge in [0.25, 0.3) is 5.91 Å². The summed E-state index contributed by atoms with van der Waals surface area (Å²) in [6.45, 7) is -0.150. The van der Waals surface area contributed by atoms with E-state index in [0.29, 0.717) is 4.90 Å². The first-order chi connectivity index (χ1) is 12.7. The maximum Gasteiger partial charge on any atom is 0.416 e. The van der Waals surface area contributed by atoms with Crippen molar-refractivity contribution in [3.05, 3.63) is 65.2 Å². The van der Waals surface area contributed by atoms with Gasteiger partial charge in [-0.3, -0.25) is 14.4 Å². The first-order valence-electron chi connectivity index (χ1n) is 7.60. The lowest BCUT2D eigenvalue weighted by molar-refractivity contribution is -0.137. The highest BCUT2D eigenvalue weighted by Gasteiger charge is 2.30. The van der Waals surface area contributed by atoms with Crippen molar-refractivity contribution >= 4 is 22.7 Å². The number of hydrogen-bond acceptors (Lipinski definition) is 3. The molecular weight excluding hydrogens is 383 g/mol. The molecule has 2 rings (SSSR count). The van der Waals surface area contributed by atoms with E-state index in [4.69, 9.17) is 0 Å². The standard InChI is InChI=1S/C17H16F3N3O3S/c1-27(26)14-7-5-12(6-8-14)15(24)22-23-16(25)21-10-11-3-2-4-13(9-11)17(18,19)20/h2-9H,10H2,1H3,(H,22,24)(H2,21,23,25)/t27-/m0/s1. The number of urea groups is 1. The molecule has 0 unspecified atom stereocenters. The molecule has 0 spiro atoms. The topological polar surface area (TPSA) is 87.3 Å². The molecule has 6 nitrogen and oxygen atoms in total. The van der Waals surface area contributed by atoms with Crippen LogP contribution in [0, 0.1) is 0 Å². The van der Waals surface area contributed by atoms with Crippen molar-refractivity contribution in [1.82, 2.24) is 16.2 Å². The summed E-state index contributed by atoms with van der Waals surface area (Å²) in [7, 11) is -1.17. The SMILES string of the molecule is C[S@](=O)c1ccc(C(=O)NNC(=O)NCc2cccc(C(F)(F)F)c2)cc1. The molecule has 10 heteroatoms. The summed E-state index contributed by atoms with van der Waals surface area (Å²) >= 11 is 0. The normalized spacial score (nSPS) is 12.1. The van der Waals surface area contributed by atoms with Crippen LogP contribution in [0.3, 0.4) is 0 Å². The molecule has 0 saturated heterocycles. The predicted octanol–water partition coefficient (Wildman–Crippen LogP) is 2.59. The molecule has 1 atom stereocenters. The van der Waals surface area contributed by atoms with Crippen LogP contribution < -0.4 is 16.2 Å². The molecule has 2 aromatic carbocycles. The van der Waals surface area contributed by atoms with Crippen LogP contribution >= 0.6 is 0 Å². The van der Waals surface area contributed by atoms with E-state index in [0.717, 1.165) is 12.1 Å². The van der Waals surface area contributed by atoms with Gasteiger partial charge in [-0.05, 0) is 42.0 Å². The Kier molecular flexibility index (Phi) is 6.56. The van der Waals surface area contributed by atoms with Gasteiger partial charge in [-0.1, -0.05) is 12.1 Å². The van der Waals surface area contributed by atoms with Gasteiger partial charge in [-0.25, -0.2) is 10.2 Å². The summed E-state index contributed by atoms with van der Waals surface area (Å²) in [6, 6.07) is 9.72. The second-order valence-corrected chi connectivity index (χ2v) is 6.82. The summed E-state index contributed by atoms with van der Waals surface area (Å²) in [5.74, 6) is -0.599. The largest absolute Gasteiger partial charge is 0.416 e. The number of hydrazine groups is 1. The zero-order chi connectivity index (χ0) is 20.0. The van der Waals surface area contributed by atoms with Gasteiger partial charge in [-0.2, -0.15) is 13.2 Å². The molecule has 0 aliphatic carbocycles. The Morgan fingerprint density at radius 3 is 2.30 bits per heavy atom. The van der Waals surface area contributed by atoms with Crippen molar-refractivity contribution in [2.24, 2.45) is 0 Å². The fourth-order valence-electron chi connectivity index (χ4n) is 2.07. The highest BCUT2D eigenvalue weighted by atomic mass is 32.2. The molecule has 27 heavy (non-hydrogen) atoms. The second-order valence-electron chi connectivity index (χ2n) is 5.44. The van der Waals surface area contributed by atoms with Crippen LogP contribution in [0.25, 0.3) is 0 Å². The van der Waals surface area contributed by atoms with Crippen LogP contribution in [0.2, 0.25) is 0 Å². The third kappa shape index (κ3) is 6.10. The van der Waals surface area contributed by atoms with Crippen LogP contribution in [0.5, 0.6) is 0 Å². The van der Waals surface area contributed by atoms with Gasteiger partial charge in [0.1, 0.15) is 0 Å². The maximum atomic E-state index is 12.6. The molecule has 3 amide bonds. The van der Waals surface area contributed by atoms with Gasteiger partial charge >= 0.3 is 12.2 Å². The lowest BCUT2D eigenvalue weighted by Crippen LogP contribution is -2.46. The molecule has 144 valence electrons. The average Bonchev–Trinajstić information content (AvgIpc) is 2.64. The number of carbonyl (C=O) groups excluding carboxylic acids is 2. The number of halogens is 3. The first-order valence-corrected chi connectivity index (χ1v) is 9.16. The zero-order valence-corrected chi connectivity index (χ0v) is 14.9.